The number of benzene rings is 8. The molecule has 2 aromatic heterocycles. The van der Waals surface area contributed by atoms with E-state index in [1.807, 2.05) is 6.07 Å². The van der Waals surface area contributed by atoms with Gasteiger partial charge in [-0.15, -0.1) is 0 Å². The third kappa shape index (κ3) is 4.21. The molecule has 1 atom stereocenters. The predicted molar refractivity (Wildman–Crippen MR) is 213 cm³/mol. The molecule has 0 aliphatic carbocycles. The number of pyridine rings is 1. The van der Waals surface area contributed by atoms with E-state index in [9.17, 15) is 0 Å². The van der Waals surface area contributed by atoms with E-state index in [0.717, 1.165) is 44.9 Å². The van der Waals surface area contributed by atoms with Gasteiger partial charge in [-0.3, -0.25) is 4.57 Å². The molecular weight excluding hydrogens is 635 g/mol. The Morgan fingerprint density at radius 1 is 0.558 bits per heavy atom. The summed E-state index contributed by atoms with van der Waals surface area (Å²) in [4.78, 5) is 5.09. The maximum atomic E-state index is 6.62. The summed E-state index contributed by atoms with van der Waals surface area (Å²) in [6.07, 6.45) is 2.06. The summed E-state index contributed by atoms with van der Waals surface area (Å²) < 4.78 is 11.1. The van der Waals surface area contributed by atoms with E-state index in [1.165, 1.54) is 54.4 Å². The van der Waals surface area contributed by atoms with Crippen molar-refractivity contribution in [1.29, 1.82) is 0 Å². The summed E-state index contributed by atoms with van der Waals surface area (Å²) in [5, 5.41) is 8.55. The molecule has 244 valence electrons. The summed E-state index contributed by atoms with van der Waals surface area (Å²) in [7, 11) is 0. The maximum absolute atomic E-state index is 6.62. The van der Waals surface area contributed by atoms with Gasteiger partial charge in [0.15, 0.2) is 6.20 Å². The fraction of sp³-hybridized carbons (Fsp3) is 0.0417. The summed E-state index contributed by atoms with van der Waals surface area (Å²) in [6.45, 7) is 2.12. The Balaban J connectivity index is 1.09. The van der Waals surface area contributed by atoms with Gasteiger partial charge in [0.1, 0.15) is 5.82 Å². The number of imidazole rings is 1. The van der Waals surface area contributed by atoms with Crippen molar-refractivity contribution in [3.05, 3.63) is 170 Å². The number of para-hydroxylation sites is 3. The van der Waals surface area contributed by atoms with Gasteiger partial charge in [-0.1, -0.05) is 109 Å². The molecule has 0 radical (unpaired) electrons. The van der Waals surface area contributed by atoms with Gasteiger partial charge in [-0.05, 0) is 92.0 Å². The van der Waals surface area contributed by atoms with Crippen LogP contribution in [0.1, 0.15) is 13.2 Å². The van der Waals surface area contributed by atoms with Crippen LogP contribution in [0.2, 0.25) is 0 Å². The number of hydrogen-bond acceptors (Lipinski definition) is 2. The number of rotatable bonds is 4. The molecule has 4 heteroatoms. The van der Waals surface area contributed by atoms with Crippen molar-refractivity contribution in [2.24, 2.45) is 0 Å². The van der Waals surface area contributed by atoms with E-state index >= 15 is 0 Å². The van der Waals surface area contributed by atoms with Crippen molar-refractivity contribution in [3.63, 3.8) is 0 Å². The van der Waals surface area contributed by atoms with Crippen LogP contribution in [-0.4, -0.2) is 9.55 Å². The molecule has 0 amide bonds. The molecule has 0 saturated heterocycles. The van der Waals surface area contributed by atoms with Crippen LogP contribution in [-0.2, 0) is 0 Å². The lowest BCUT2D eigenvalue weighted by atomic mass is 9.87. The largest absolute Gasteiger partial charge is 0.426 e. The van der Waals surface area contributed by atoms with Gasteiger partial charge in [0.25, 0.3) is 11.7 Å². The van der Waals surface area contributed by atoms with Gasteiger partial charge in [0, 0.05) is 35.4 Å². The molecule has 0 bridgehead atoms. The van der Waals surface area contributed by atoms with Crippen LogP contribution < -0.4 is 9.30 Å². The number of ether oxygens (including phenoxy) is 1. The minimum atomic E-state index is -0.0617. The van der Waals surface area contributed by atoms with Gasteiger partial charge in [-0.25, -0.2) is 4.98 Å². The molecule has 0 N–H and O–H groups in total. The van der Waals surface area contributed by atoms with Crippen LogP contribution in [0.15, 0.2) is 170 Å². The Morgan fingerprint density at radius 2 is 1.31 bits per heavy atom. The Labute approximate surface area is 300 Å². The Kier molecular flexibility index (Phi) is 6.20. The maximum Gasteiger partial charge on any atom is 0.299 e. The molecule has 4 nitrogen and oxygen atoms in total. The zero-order valence-corrected chi connectivity index (χ0v) is 28.5. The normalized spacial score (nSPS) is 13.8. The van der Waals surface area contributed by atoms with Crippen molar-refractivity contribution < 1.29 is 9.30 Å². The van der Waals surface area contributed by atoms with Crippen molar-refractivity contribution in [1.82, 2.24) is 9.55 Å². The zero-order valence-electron chi connectivity index (χ0n) is 28.5. The van der Waals surface area contributed by atoms with E-state index in [4.69, 9.17) is 9.72 Å². The zero-order chi connectivity index (χ0) is 34.3. The lowest BCUT2D eigenvalue weighted by molar-refractivity contribution is -0.715. The smallest absolute Gasteiger partial charge is 0.299 e. The van der Waals surface area contributed by atoms with Crippen molar-refractivity contribution in [3.8, 4) is 45.1 Å². The van der Waals surface area contributed by atoms with E-state index < -0.39 is 0 Å². The summed E-state index contributed by atoms with van der Waals surface area (Å²) >= 11 is 0. The lowest BCUT2D eigenvalue weighted by Crippen LogP contribution is -2.36. The Morgan fingerprint density at radius 3 is 2.21 bits per heavy atom. The molecule has 0 saturated carbocycles. The summed E-state index contributed by atoms with van der Waals surface area (Å²) in [6, 6.07) is 58.9. The third-order valence-corrected chi connectivity index (χ3v) is 10.8. The second kappa shape index (κ2) is 11.1. The minimum Gasteiger partial charge on any atom is -0.426 e. The monoisotopic (exact) mass is 666 g/mol. The third-order valence-electron chi connectivity index (χ3n) is 10.8. The second-order valence-electron chi connectivity index (χ2n) is 13.7. The quantitative estimate of drug-likeness (QED) is 0.106. The standard InChI is InChI=1S/C48H32N3O/c1-30-50-28-10-12-32-24-25-41(47(52-30)46(32)50)45-37-15-6-5-11-34(37)29-42-38-17-9-16-36(39(38)26-27-40(42)45)31-20-22-33(23-21-31)48-49-43-18-7-8-19-44(43)51(48)35-13-3-2-4-14-35/h2-30H,1H3/q+1. The molecule has 0 spiro atoms. The predicted octanol–water partition coefficient (Wildman–Crippen LogP) is 11.8. The van der Waals surface area contributed by atoms with Crippen LogP contribution in [0.3, 0.4) is 0 Å². The van der Waals surface area contributed by atoms with Gasteiger partial charge in [-0.2, -0.15) is 4.57 Å². The number of hydrogen-bond donors (Lipinski definition) is 0. The number of aromatic nitrogens is 3. The first kappa shape index (κ1) is 29.0. The molecular formula is C48H32N3O+. The Hall–Kier alpha value is -6.78. The molecule has 1 unspecified atom stereocenters. The van der Waals surface area contributed by atoms with Crippen LogP contribution >= 0.6 is 0 Å². The van der Waals surface area contributed by atoms with E-state index in [2.05, 4.69) is 180 Å². The molecule has 10 aromatic rings. The Bertz CT molecular complexity index is 3050. The lowest BCUT2D eigenvalue weighted by Gasteiger charge is -2.16. The van der Waals surface area contributed by atoms with Crippen LogP contribution in [0.4, 0.5) is 0 Å². The van der Waals surface area contributed by atoms with Crippen molar-refractivity contribution in [2.75, 3.05) is 0 Å². The van der Waals surface area contributed by atoms with Gasteiger partial charge in [0.05, 0.1) is 16.4 Å². The second-order valence-corrected chi connectivity index (χ2v) is 13.7. The molecule has 0 fully saturated rings. The van der Waals surface area contributed by atoms with Crippen LogP contribution in [0, 0.1) is 0 Å². The summed E-state index contributed by atoms with van der Waals surface area (Å²) in [5.41, 5.74) is 10.1. The van der Waals surface area contributed by atoms with E-state index in [0.29, 0.717) is 0 Å². The number of nitrogens with zero attached hydrogens (tertiary/aromatic N) is 3. The first-order valence-corrected chi connectivity index (χ1v) is 17.9. The topological polar surface area (TPSA) is 30.9 Å². The number of fused-ring (bicyclic) bond motifs is 5. The highest BCUT2D eigenvalue weighted by atomic mass is 16.5. The molecule has 1 aliphatic rings. The average Bonchev–Trinajstić information content (AvgIpc) is 3.76. The highest BCUT2D eigenvalue weighted by molar-refractivity contribution is 6.22. The van der Waals surface area contributed by atoms with Crippen molar-refractivity contribution >= 4 is 54.3 Å². The molecule has 3 heterocycles. The average molecular weight is 667 g/mol. The first-order valence-electron chi connectivity index (χ1n) is 17.9. The van der Waals surface area contributed by atoms with Crippen molar-refractivity contribution in [2.45, 2.75) is 13.2 Å². The fourth-order valence-corrected chi connectivity index (χ4v) is 8.45. The van der Waals surface area contributed by atoms with Gasteiger partial charge >= 0.3 is 0 Å². The van der Waals surface area contributed by atoms with E-state index in [-0.39, 0.29) is 6.23 Å². The fourth-order valence-electron chi connectivity index (χ4n) is 8.45. The first-order chi connectivity index (χ1) is 25.7. The minimum absolute atomic E-state index is 0.0617. The SMILES string of the molecule is CC1Oc2c(-c3c4ccccc4cc4c3ccc3c(-c5ccc(-c6nc7ccccc7n6-c6ccccc6)cc5)cccc34)ccc3ccc[n+]1c23. The van der Waals surface area contributed by atoms with E-state index in [1.54, 1.807) is 0 Å². The highest BCUT2D eigenvalue weighted by Crippen LogP contribution is 2.47. The molecule has 8 aromatic carbocycles. The molecule has 52 heavy (non-hydrogen) atoms. The van der Waals surface area contributed by atoms with Crippen LogP contribution in [0.5, 0.6) is 5.75 Å². The van der Waals surface area contributed by atoms with Gasteiger partial charge < -0.3 is 4.74 Å². The van der Waals surface area contributed by atoms with Gasteiger partial charge in [0.2, 0.25) is 5.75 Å². The van der Waals surface area contributed by atoms with Crippen LogP contribution in [0.25, 0.3) is 93.6 Å². The highest BCUT2D eigenvalue weighted by Gasteiger charge is 2.33. The molecule has 1 aliphatic heterocycles. The molecule has 11 rings (SSSR count). The summed E-state index contributed by atoms with van der Waals surface area (Å²) in [5.74, 6) is 1.89.